The molecule has 0 aromatic heterocycles. The van der Waals surface area contributed by atoms with Crippen LogP contribution in [0.1, 0.15) is 45.6 Å². The molecule has 4 rings (SSSR count). The number of cyclic esters (lactones) is 1. The van der Waals surface area contributed by atoms with E-state index in [-0.39, 0.29) is 30.3 Å². The number of likely N-dealkylation sites (N-methyl/N-ethyl adjacent to an activating group) is 1. The third kappa shape index (κ3) is 9.76. The number of carbonyl (C=O) groups excluding carboxylic acids is 3. The van der Waals surface area contributed by atoms with E-state index in [1.165, 1.54) is 12.1 Å². The minimum Gasteiger partial charge on any atom is -0.457 e. The van der Waals surface area contributed by atoms with Crippen molar-refractivity contribution in [2.45, 2.75) is 58.3 Å². The molecular weight excluding hydrogens is 595 g/mol. The maximum Gasteiger partial charge on any atom is 0.410 e. The van der Waals surface area contributed by atoms with Gasteiger partial charge >= 0.3 is 12.1 Å². The molecule has 0 unspecified atom stereocenters. The van der Waals surface area contributed by atoms with Gasteiger partial charge in [0.2, 0.25) is 5.91 Å². The van der Waals surface area contributed by atoms with Crippen LogP contribution in [0.3, 0.4) is 0 Å². The van der Waals surface area contributed by atoms with Crippen LogP contribution in [0.4, 0.5) is 14.9 Å². The van der Waals surface area contributed by atoms with Crippen molar-refractivity contribution in [3.8, 4) is 0 Å². The van der Waals surface area contributed by atoms with Crippen molar-refractivity contribution in [1.29, 1.82) is 0 Å². The van der Waals surface area contributed by atoms with E-state index in [2.05, 4.69) is 4.90 Å². The number of piperazine rings is 2. The number of hydrogen-bond donors (Lipinski definition) is 2. The zero-order valence-corrected chi connectivity index (χ0v) is 27.4. The molecule has 2 fully saturated rings. The number of ether oxygens (including phenoxy) is 2. The standard InChI is InChI=1S/C34H49FN4O7/c1-23-5-7-29(41)21-32(43)46-33(24(2)6-8-30(23)45-34(44)39-11-9-36(4)10-12-39)25(3)17-26-18-27(35)20-28(19-26)37-13-15-38(16-14-37)31(42)22-40/h6,8,17-20,23-24,29-30,33,40-41H,5,7,9-16,21-22H2,1-4H3/b8-6-,25-17+/t23-,24-,29+,30-,33-/m0/s1. The topological polar surface area (TPSA) is 123 Å². The Morgan fingerprint density at radius 1 is 1.00 bits per heavy atom. The summed E-state index contributed by atoms with van der Waals surface area (Å²) in [4.78, 5) is 45.3. The highest BCUT2D eigenvalue weighted by Crippen LogP contribution is 2.27. The fraction of sp³-hybridized carbons (Fsp3) is 0.618. The molecule has 0 spiro atoms. The average Bonchev–Trinajstić information content (AvgIpc) is 3.03. The summed E-state index contributed by atoms with van der Waals surface area (Å²) in [5.74, 6) is -1.68. The molecule has 1 aromatic carbocycles. The number of carbonyl (C=O) groups is 3. The van der Waals surface area contributed by atoms with Crippen LogP contribution in [0.25, 0.3) is 6.08 Å². The van der Waals surface area contributed by atoms with Crippen LogP contribution < -0.4 is 4.90 Å². The highest BCUT2D eigenvalue weighted by molar-refractivity contribution is 5.77. The number of hydrogen-bond acceptors (Lipinski definition) is 9. The summed E-state index contributed by atoms with van der Waals surface area (Å²) in [6.07, 6.45) is 3.80. The van der Waals surface area contributed by atoms with Crippen LogP contribution in [0, 0.1) is 17.7 Å². The Kier molecular flexibility index (Phi) is 12.6. The molecule has 2 saturated heterocycles. The Hall–Kier alpha value is -3.48. The van der Waals surface area contributed by atoms with Gasteiger partial charge < -0.3 is 39.3 Å². The van der Waals surface area contributed by atoms with E-state index in [9.17, 15) is 23.9 Å². The molecule has 2 N–H and O–H groups in total. The van der Waals surface area contributed by atoms with Crippen LogP contribution in [0.5, 0.6) is 0 Å². The van der Waals surface area contributed by atoms with Crippen molar-refractivity contribution in [3.63, 3.8) is 0 Å². The van der Waals surface area contributed by atoms with Gasteiger partial charge in [0.1, 0.15) is 24.6 Å². The van der Waals surface area contributed by atoms with E-state index in [1.807, 2.05) is 50.9 Å². The lowest BCUT2D eigenvalue weighted by Crippen LogP contribution is -2.49. The molecule has 0 saturated carbocycles. The number of amides is 2. The highest BCUT2D eigenvalue weighted by atomic mass is 19.1. The Morgan fingerprint density at radius 2 is 1.67 bits per heavy atom. The van der Waals surface area contributed by atoms with Gasteiger partial charge in [0.15, 0.2) is 0 Å². The molecule has 0 aliphatic carbocycles. The molecule has 3 aliphatic rings. The van der Waals surface area contributed by atoms with Crippen molar-refractivity contribution >= 4 is 29.7 Å². The SMILES string of the molecule is C/C(=C\c1cc(F)cc(N2CCN(C(=O)CO)CC2)c1)[C@H]1OC(=O)C[C@H](O)CC[C@H](C)[C@@H](OC(=O)N2CCN(C)CC2)/C=C\[C@@H]1C. The maximum atomic E-state index is 14.8. The molecule has 0 bridgehead atoms. The van der Waals surface area contributed by atoms with Crippen molar-refractivity contribution < 1.29 is 38.5 Å². The fourth-order valence-electron chi connectivity index (χ4n) is 6.15. The fourth-order valence-corrected chi connectivity index (χ4v) is 6.15. The first-order valence-corrected chi connectivity index (χ1v) is 16.3. The summed E-state index contributed by atoms with van der Waals surface area (Å²) < 4.78 is 26.7. The van der Waals surface area contributed by atoms with Gasteiger partial charge in [-0.1, -0.05) is 26.0 Å². The predicted octanol–water partition coefficient (Wildman–Crippen LogP) is 2.91. The second-order valence-electron chi connectivity index (χ2n) is 12.9. The van der Waals surface area contributed by atoms with E-state index >= 15 is 0 Å². The number of esters is 1. The van der Waals surface area contributed by atoms with Gasteiger partial charge in [0.05, 0.1) is 12.5 Å². The van der Waals surface area contributed by atoms with E-state index < -0.39 is 36.7 Å². The van der Waals surface area contributed by atoms with Gasteiger partial charge in [-0.2, -0.15) is 0 Å². The van der Waals surface area contributed by atoms with Crippen molar-refractivity contribution in [2.75, 3.05) is 70.9 Å². The van der Waals surface area contributed by atoms with Crippen LogP contribution in [0.15, 0.2) is 35.9 Å². The Labute approximate surface area is 271 Å². The highest BCUT2D eigenvalue weighted by Gasteiger charge is 2.29. The first kappa shape index (κ1) is 35.4. The predicted molar refractivity (Wildman–Crippen MR) is 172 cm³/mol. The lowest BCUT2D eigenvalue weighted by atomic mass is 9.91. The van der Waals surface area contributed by atoms with Crippen molar-refractivity contribution in [2.24, 2.45) is 11.8 Å². The van der Waals surface area contributed by atoms with Crippen LogP contribution >= 0.6 is 0 Å². The lowest BCUT2D eigenvalue weighted by Gasteiger charge is -2.36. The van der Waals surface area contributed by atoms with Crippen LogP contribution in [-0.2, 0) is 19.1 Å². The summed E-state index contributed by atoms with van der Waals surface area (Å²) >= 11 is 0. The Balaban J connectivity index is 1.54. The number of halogens is 1. The molecular formula is C34H49FN4O7. The van der Waals surface area contributed by atoms with Crippen molar-refractivity contribution in [1.82, 2.24) is 14.7 Å². The molecule has 46 heavy (non-hydrogen) atoms. The molecule has 11 nitrogen and oxygen atoms in total. The number of nitrogens with zero attached hydrogens (tertiary/aromatic N) is 4. The van der Waals surface area contributed by atoms with Crippen molar-refractivity contribution in [3.05, 3.63) is 47.3 Å². The summed E-state index contributed by atoms with van der Waals surface area (Å²) in [5.41, 5.74) is 1.94. The molecule has 5 atom stereocenters. The number of anilines is 1. The maximum absolute atomic E-state index is 14.8. The number of aliphatic hydroxyl groups is 2. The summed E-state index contributed by atoms with van der Waals surface area (Å²) in [5, 5.41) is 19.8. The van der Waals surface area contributed by atoms with Gasteiger partial charge in [-0.3, -0.25) is 9.59 Å². The van der Waals surface area contributed by atoms with Gasteiger partial charge in [-0.05, 0) is 68.1 Å². The van der Waals surface area contributed by atoms with Gasteiger partial charge in [0.25, 0.3) is 0 Å². The van der Waals surface area contributed by atoms with Crippen LogP contribution in [-0.4, -0.2) is 127 Å². The van der Waals surface area contributed by atoms with Crippen LogP contribution in [0.2, 0.25) is 0 Å². The lowest BCUT2D eigenvalue weighted by molar-refractivity contribution is -0.151. The van der Waals surface area contributed by atoms with E-state index in [0.29, 0.717) is 68.9 Å². The number of aliphatic hydroxyl groups excluding tert-OH is 2. The molecule has 3 heterocycles. The molecule has 1 aromatic rings. The van der Waals surface area contributed by atoms with Gasteiger partial charge in [0, 0.05) is 64.0 Å². The third-order valence-electron chi connectivity index (χ3n) is 9.14. The number of benzene rings is 1. The minimum absolute atomic E-state index is 0.0885. The first-order valence-electron chi connectivity index (χ1n) is 16.3. The Morgan fingerprint density at radius 3 is 2.35 bits per heavy atom. The summed E-state index contributed by atoms with van der Waals surface area (Å²) in [6.45, 7) is 9.78. The smallest absolute Gasteiger partial charge is 0.410 e. The molecule has 0 radical (unpaired) electrons. The second-order valence-corrected chi connectivity index (χ2v) is 12.9. The quantitative estimate of drug-likeness (QED) is 0.368. The van der Waals surface area contributed by atoms with E-state index in [1.54, 1.807) is 15.9 Å². The minimum atomic E-state index is -0.897. The molecule has 12 heteroatoms. The third-order valence-corrected chi connectivity index (χ3v) is 9.14. The van der Waals surface area contributed by atoms with E-state index in [0.717, 1.165) is 13.1 Å². The van der Waals surface area contributed by atoms with Gasteiger partial charge in [-0.25, -0.2) is 9.18 Å². The molecule has 3 aliphatic heterocycles. The summed E-state index contributed by atoms with van der Waals surface area (Å²) in [6, 6.07) is 4.71. The molecule has 2 amide bonds. The normalized spacial score (nSPS) is 28.2. The second kappa shape index (κ2) is 16.4. The first-order chi connectivity index (χ1) is 21.9. The van der Waals surface area contributed by atoms with Gasteiger partial charge in [-0.15, -0.1) is 0 Å². The monoisotopic (exact) mass is 644 g/mol. The Bertz CT molecular complexity index is 1270. The number of rotatable bonds is 5. The summed E-state index contributed by atoms with van der Waals surface area (Å²) in [7, 11) is 2.02. The molecule has 254 valence electrons. The average molecular weight is 645 g/mol. The zero-order valence-electron chi connectivity index (χ0n) is 27.4. The largest absolute Gasteiger partial charge is 0.457 e. The van der Waals surface area contributed by atoms with E-state index in [4.69, 9.17) is 14.6 Å². The zero-order chi connectivity index (χ0) is 33.4.